The zero-order valence-corrected chi connectivity index (χ0v) is 17.6. The number of ether oxygens (including phenoxy) is 1. The Bertz CT molecular complexity index is 881. The van der Waals surface area contributed by atoms with Crippen LogP contribution >= 0.6 is 23.2 Å². The maximum Gasteiger partial charge on any atom is 0.229 e. The molecular formula is C23H23Cl2NO3. The summed E-state index contributed by atoms with van der Waals surface area (Å²) >= 11 is 12.2. The number of Topliss-reactive ketones (excluding diaryl/α,β-unsaturated/α-hetero) is 1. The lowest BCUT2D eigenvalue weighted by atomic mass is 9.99. The molecule has 0 radical (unpaired) electrons. The molecule has 4 rings (SSSR count). The van der Waals surface area contributed by atoms with Gasteiger partial charge in [-0.2, -0.15) is 0 Å². The smallest absolute Gasteiger partial charge is 0.229 e. The first-order valence-electron chi connectivity index (χ1n) is 9.91. The minimum Gasteiger partial charge on any atom is -0.376 e. The third kappa shape index (κ3) is 5.00. The van der Waals surface area contributed by atoms with Crippen molar-refractivity contribution in [1.82, 2.24) is 4.90 Å². The Morgan fingerprint density at radius 3 is 2.24 bits per heavy atom. The van der Waals surface area contributed by atoms with Crippen molar-refractivity contribution in [2.45, 2.75) is 39.0 Å². The first kappa shape index (κ1) is 20.4. The van der Waals surface area contributed by atoms with E-state index < -0.39 is 5.92 Å². The Balaban J connectivity index is 1.42. The molecule has 4 nitrogen and oxygen atoms in total. The first-order valence-corrected chi connectivity index (χ1v) is 10.7. The van der Waals surface area contributed by atoms with E-state index in [2.05, 4.69) is 0 Å². The van der Waals surface area contributed by atoms with Crippen LogP contribution in [-0.4, -0.2) is 23.2 Å². The molecule has 1 atom stereocenters. The van der Waals surface area contributed by atoms with Crippen molar-refractivity contribution in [3.05, 3.63) is 69.2 Å². The number of amides is 1. The van der Waals surface area contributed by atoms with Gasteiger partial charge in [-0.25, -0.2) is 0 Å². The predicted octanol–water partition coefficient (Wildman–Crippen LogP) is 5.04. The number of ketones is 1. The van der Waals surface area contributed by atoms with Gasteiger partial charge < -0.3 is 9.64 Å². The Morgan fingerprint density at radius 1 is 1.03 bits per heavy atom. The molecular weight excluding hydrogens is 409 g/mol. The average molecular weight is 432 g/mol. The van der Waals surface area contributed by atoms with Crippen molar-refractivity contribution < 1.29 is 14.3 Å². The van der Waals surface area contributed by atoms with Crippen LogP contribution in [0.4, 0.5) is 0 Å². The molecule has 1 heterocycles. The number of benzene rings is 2. The van der Waals surface area contributed by atoms with Crippen LogP contribution in [-0.2, 0) is 34.0 Å². The summed E-state index contributed by atoms with van der Waals surface area (Å²) in [5, 5.41) is 0.984. The molecule has 0 spiro atoms. The molecule has 29 heavy (non-hydrogen) atoms. The van der Waals surface area contributed by atoms with Gasteiger partial charge in [0, 0.05) is 25.4 Å². The van der Waals surface area contributed by atoms with E-state index in [1.165, 1.54) is 0 Å². The Morgan fingerprint density at radius 2 is 1.66 bits per heavy atom. The lowest BCUT2D eigenvalue weighted by molar-refractivity contribution is -0.141. The van der Waals surface area contributed by atoms with E-state index in [4.69, 9.17) is 27.9 Å². The van der Waals surface area contributed by atoms with E-state index in [-0.39, 0.29) is 30.6 Å². The zero-order valence-electron chi connectivity index (χ0n) is 16.1. The van der Waals surface area contributed by atoms with Gasteiger partial charge in [0.15, 0.2) is 0 Å². The van der Waals surface area contributed by atoms with E-state index in [1.54, 1.807) is 4.90 Å². The minimum absolute atomic E-state index is 0.0458. The molecule has 6 heteroatoms. The molecule has 2 aromatic carbocycles. The van der Waals surface area contributed by atoms with Gasteiger partial charge >= 0.3 is 0 Å². The van der Waals surface area contributed by atoms with Crippen molar-refractivity contribution in [2.24, 2.45) is 11.8 Å². The van der Waals surface area contributed by atoms with Gasteiger partial charge in [0.1, 0.15) is 5.78 Å². The second kappa shape index (κ2) is 8.86. The summed E-state index contributed by atoms with van der Waals surface area (Å²) in [5.74, 6) is -0.204. The maximum atomic E-state index is 13.2. The van der Waals surface area contributed by atoms with E-state index in [9.17, 15) is 9.59 Å². The third-order valence-electron chi connectivity index (χ3n) is 5.54. The van der Waals surface area contributed by atoms with E-state index in [0.29, 0.717) is 29.7 Å². The molecule has 0 N–H and O–H groups in total. The number of carbonyl (C=O) groups is 2. The minimum atomic E-state index is -0.466. The predicted molar refractivity (Wildman–Crippen MR) is 113 cm³/mol. The Hall–Kier alpha value is -1.88. The summed E-state index contributed by atoms with van der Waals surface area (Å²) in [4.78, 5) is 27.4. The second-order valence-corrected chi connectivity index (χ2v) is 8.69. The standard InChI is InChI=1S/C23H23Cl2NO3/c24-20-8-17-11-26(12-18(17)9-21(20)25)23(28)19(10-22(27)16-6-7-16)14-29-13-15-4-2-1-3-5-15/h1-5,8-9,16,19H,6-7,10-14H2. The van der Waals surface area contributed by atoms with Crippen molar-refractivity contribution >= 4 is 34.9 Å². The van der Waals surface area contributed by atoms with Crippen molar-refractivity contribution in [2.75, 3.05) is 6.61 Å². The second-order valence-electron chi connectivity index (χ2n) is 7.87. The number of fused-ring (bicyclic) bond motifs is 1. The van der Waals surface area contributed by atoms with E-state index in [0.717, 1.165) is 29.5 Å². The van der Waals surface area contributed by atoms with Crippen LogP contribution in [0, 0.1) is 11.8 Å². The van der Waals surface area contributed by atoms with Gasteiger partial charge in [-0.15, -0.1) is 0 Å². The van der Waals surface area contributed by atoms with Gasteiger partial charge in [0.2, 0.25) is 5.91 Å². The van der Waals surface area contributed by atoms with Gasteiger partial charge in [-0.1, -0.05) is 53.5 Å². The summed E-state index contributed by atoms with van der Waals surface area (Å²) in [5.41, 5.74) is 3.06. The van der Waals surface area contributed by atoms with Crippen molar-refractivity contribution in [3.63, 3.8) is 0 Å². The van der Waals surface area contributed by atoms with Gasteiger partial charge in [0.25, 0.3) is 0 Å². The highest BCUT2D eigenvalue weighted by atomic mass is 35.5. The van der Waals surface area contributed by atoms with Crippen LogP contribution in [0.25, 0.3) is 0 Å². The number of hydrogen-bond acceptors (Lipinski definition) is 3. The van der Waals surface area contributed by atoms with Gasteiger partial charge in [-0.05, 0) is 41.7 Å². The highest BCUT2D eigenvalue weighted by Crippen LogP contribution is 2.34. The zero-order chi connectivity index (χ0) is 20.4. The monoisotopic (exact) mass is 431 g/mol. The summed E-state index contributed by atoms with van der Waals surface area (Å²) in [6, 6.07) is 13.5. The highest BCUT2D eigenvalue weighted by molar-refractivity contribution is 6.42. The normalized spacial score (nSPS) is 16.6. The summed E-state index contributed by atoms with van der Waals surface area (Å²) in [6.07, 6.45) is 2.13. The fourth-order valence-corrected chi connectivity index (χ4v) is 4.10. The topological polar surface area (TPSA) is 46.6 Å². The molecule has 0 aromatic heterocycles. The van der Waals surface area contributed by atoms with E-state index in [1.807, 2.05) is 42.5 Å². The number of halogens is 2. The van der Waals surface area contributed by atoms with Crippen LogP contribution in [0.5, 0.6) is 0 Å². The van der Waals surface area contributed by atoms with Crippen LogP contribution in [0.1, 0.15) is 36.0 Å². The molecule has 1 aliphatic carbocycles. The lowest BCUT2D eigenvalue weighted by Crippen LogP contribution is -2.36. The largest absolute Gasteiger partial charge is 0.376 e. The maximum absolute atomic E-state index is 13.2. The molecule has 152 valence electrons. The highest BCUT2D eigenvalue weighted by Gasteiger charge is 2.35. The fourth-order valence-electron chi connectivity index (χ4n) is 3.73. The van der Waals surface area contributed by atoms with Crippen LogP contribution in [0.15, 0.2) is 42.5 Å². The quantitative estimate of drug-likeness (QED) is 0.588. The average Bonchev–Trinajstić information content (AvgIpc) is 3.49. The van der Waals surface area contributed by atoms with Crippen molar-refractivity contribution in [3.8, 4) is 0 Å². The van der Waals surface area contributed by atoms with Crippen LogP contribution in [0.2, 0.25) is 10.0 Å². The summed E-state index contributed by atoms with van der Waals surface area (Å²) < 4.78 is 5.84. The molecule has 1 fully saturated rings. The number of nitrogens with zero attached hydrogens (tertiary/aromatic N) is 1. The molecule has 1 amide bonds. The molecule has 1 unspecified atom stereocenters. The van der Waals surface area contributed by atoms with Gasteiger partial charge in [0.05, 0.1) is 29.2 Å². The summed E-state index contributed by atoms with van der Waals surface area (Å²) in [7, 11) is 0. The molecule has 1 aliphatic heterocycles. The first-order chi connectivity index (χ1) is 14.0. The SMILES string of the molecule is O=C(CC(COCc1ccccc1)C(=O)N1Cc2cc(Cl)c(Cl)cc2C1)C1CC1. The Labute approximate surface area is 180 Å². The van der Waals surface area contributed by atoms with Gasteiger partial charge in [-0.3, -0.25) is 9.59 Å². The number of hydrogen-bond donors (Lipinski definition) is 0. The molecule has 0 saturated heterocycles. The van der Waals surface area contributed by atoms with E-state index >= 15 is 0 Å². The van der Waals surface area contributed by atoms with Crippen molar-refractivity contribution in [1.29, 1.82) is 0 Å². The van der Waals surface area contributed by atoms with Crippen LogP contribution in [0.3, 0.4) is 0 Å². The summed E-state index contributed by atoms with van der Waals surface area (Å²) in [6.45, 7) is 1.63. The van der Waals surface area contributed by atoms with Crippen LogP contribution < -0.4 is 0 Å². The third-order valence-corrected chi connectivity index (χ3v) is 6.26. The molecule has 1 saturated carbocycles. The Kier molecular flexibility index (Phi) is 6.23. The molecule has 0 bridgehead atoms. The fraction of sp³-hybridized carbons (Fsp3) is 0.391. The number of carbonyl (C=O) groups excluding carboxylic acids is 2. The lowest BCUT2D eigenvalue weighted by Gasteiger charge is -2.23. The number of rotatable bonds is 8. The molecule has 2 aromatic rings. The molecule has 2 aliphatic rings.